The average molecular weight is 262 g/mol. The average Bonchev–Trinajstić information content (AvgIpc) is 2.52. The van der Waals surface area contributed by atoms with E-state index in [0.29, 0.717) is 0 Å². The van der Waals surface area contributed by atoms with Crippen molar-refractivity contribution in [1.29, 1.82) is 0 Å². The third-order valence-corrected chi connectivity index (χ3v) is 5.78. The summed E-state index contributed by atoms with van der Waals surface area (Å²) in [6.45, 7) is 0. The lowest BCUT2D eigenvalue weighted by molar-refractivity contribution is 0.271. The van der Waals surface area contributed by atoms with Crippen molar-refractivity contribution in [3.63, 3.8) is 0 Å². The first kappa shape index (κ1) is 7.16. The van der Waals surface area contributed by atoms with Crippen LogP contribution in [0, 0.1) is 23.7 Å². The van der Waals surface area contributed by atoms with E-state index >= 15 is 0 Å². The van der Waals surface area contributed by atoms with Crippen LogP contribution in [0.25, 0.3) is 0 Å². The van der Waals surface area contributed by atoms with Crippen molar-refractivity contribution < 1.29 is 0 Å². The Morgan fingerprint density at radius 1 is 0.909 bits per heavy atom. The fourth-order valence-corrected chi connectivity index (χ4v) is 5.46. The zero-order valence-corrected chi connectivity index (χ0v) is 8.96. The molecule has 3 aliphatic rings. The van der Waals surface area contributed by atoms with E-state index in [2.05, 4.69) is 22.6 Å². The van der Waals surface area contributed by atoms with Crippen molar-refractivity contribution >= 4 is 22.6 Å². The molecule has 3 rings (SSSR count). The molecule has 0 aromatic rings. The van der Waals surface area contributed by atoms with E-state index in [4.69, 9.17) is 0 Å². The largest absolute Gasteiger partial charge is 0.0823 e. The minimum absolute atomic E-state index is 1.05. The van der Waals surface area contributed by atoms with E-state index in [0.717, 1.165) is 15.8 Å². The van der Waals surface area contributed by atoms with Gasteiger partial charge in [0, 0.05) is 3.92 Å². The molecule has 11 heavy (non-hydrogen) atoms. The molecular weight excluding hydrogens is 247 g/mol. The van der Waals surface area contributed by atoms with Crippen LogP contribution in [0.5, 0.6) is 0 Å². The van der Waals surface area contributed by atoms with Gasteiger partial charge in [0.05, 0.1) is 0 Å². The van der Waals surface area contributed by atoms with Gasteiger partial charge in [-0.05, 0) is 49.4 Å². The van der Waals surface area contributed by atoms with Crippen LogP contribution in [-0.2, 0) is 0 Å². The molecule has 0 aromatic carbocycles. The van der Waals surface area contributed by atoms with Crippen molar-refractivity contribution in [2.24, 2.45) is 23.7 Å². The van der Waals surface area contributed by atoms with Gasteiger partial charge in [-0.2, -0.15) is 0 Å². The van der Waals surface area contributed by atoms with Crippen LogP contribution in [0.15, 0.2) is 0 Å². The maximum atomic E-state index is 2.70. The summed E-state index contributed by atoms with van der Waals surface area (Å²) in [6, 6.07) is 0. The molecule has 3 aliphatic carbocycles. The van der Waals surface area contributed by atoms with Gasteiger partial charge in [-0.1, -0.05) is 29.0 Å². The number of hydrogen-bond donors (Lipinski definition) is 0. The summed E-state index contributed by atoms with van der Waals surface area (Å²) in [6.07, 6.45) is 7.86. The maximum Gasteiger partial charge on any atom is 0.0143 e. The van der Waals surface area contributed by atoms with Crippen molar-refractivity contribution in [2.75, 3.05) is 0 Å². The van der Waals surface area contributed by atoms with Gasteiger partial charge in [0.2, 0.25) is 0 Å². The molecule has 62 valence electrons. The molecule has 0 N–H and O–H groups in total. The Morgan fingerprint density at radius 2 is 1.73 bits per heavy atom. The summed E-state index contributed by atoms with van der Waals surface area (Å²) >= 11 is 2.70. The number of halogens is 1. The molecule has 0 aromatic heterocycles. The van der Waals surface area contributed by atoms with Crippen molar-refractivity contribution in [3.8, 4) is 0 Å². The summed E-state index contributed by atoms with van der Waals surface area (Å²) in [5.41, 5.74) is 0. The lowest BCUT2D eigenvalue weighted by Crippen LogP contribution is -2.23. The molecule has 5 atom stereocenters. The molecule has 0 aliphatic heterocycles. The molecule has 0 amide bonds. The highest BCUT2D eigenvalue weighted by Gasteiger charge is 2.52. The summed E-state index contributed by atoms with van der Waals surface area (Å²) in [5.74, 6) is 4.67. The Hall–Kier alpha value is 0.730. The van der Waals surface area contributed by atoms with Crippen molar-refractivity contribution in [1.82, 2.24) is 0 Å². The van der Waals surface area contributed by atoms with Gasteiger partial charge in [-0.15, -0.1) is 0 Å². The van der Waals surface area contributed by atoms with E-state index in [1.54, 1.807) is 32.1 Å². The predicted molar refractivity (Wildman–Crippen MR) is 54.9 cm³/mol. The smallest absolute Gasteiger partial charge is 0.0143 e. The highest BCUT2D eigenvalue weighted by Crippen LogP contribution is 2.60. The zero-order chi connectivity index (χ0) is 7.42. The van der Waals surface area contributed by atoms with Crippen LogP contribution in [0.3, 0.4) is 0 Å². The normalized spacial score (nSPS) is 60.3. The molecular formula is C10H15I. The Labute approximate surface area is 82.3 Å². The van der Waals surface area contributed by atoms with Crippen LogP contribution in [0.2, 0.25) is 0 Å². The van der Waals surface area contributed by atoms with Crippen LogP contribution < -0.4 is 0 Å². The third kappa shape index (κ3) is 0.866. The van der Waals surface area contributed by atoms with Gasteiger partial charge in [0.25, 0.3) is 0 Å². The van der Waals surface area contributed by atoms with Gasteiger partial charge in [0.1, 0.15) is 0 Å². The van der Waals surface area contributed by atoms with E-state index in [9.17, 15) is 0 Å². The monoisotopic (exact) mass is 262 g/mol. The molecule has 1 heteroatoms. The SMILES string of the molecule is IC1CC2CC1C1CCCC21. The molecule has 0 saturated heterocycles. The lowest BCUT2D eigenvalue weighted by Gasteiger charge is -2.28. The van der Waals surface area contributed by atoms with E-state index in [1.165, 1.54) is 11.8 Å². The number of alkyl halides is 1. The molecule has 0 nitrogen and oxygen atoms in total. The number of fused-ring (bicyclic) bond motifs is 5. The summed E-state index contributed by atoms with van der Waals surface area (Å²) in [4.78, 5) is 0. The minimum atomic E-state index is 1.05. The Morgan fingerprint density at radius 3 is 2.64 bits per heavy atom. The van der Waals surface area contributed by atoms with Crippen LogP contribution in [-0.4, -0.2) is 3.92 Å². The Balaban J connectivity index is 1.90. The molecule has 0 heterocycles. The highest BCUT2D eigenvalue weighted by molar-refractivity contribution is 14.1. The van der Waals surface area contributed by atoms with Crippen LogP contribution in [0.1, 0.15) is 32.1 Å². The summed E-state index contributed by atoms with van der Waals surface area (Å²) < 4.78 is 1.05. The maximum absolute atomic E-state index is 2.70. The molecule has 3 saturated carbocycles. The minimum Gasteiger partial charge on any atom is -0.0823 e. The third-order valence-electron chi connectivity index (χ3n) is 4.35. The number of rotatable bonds is 0. The van der Waals surface area contributed by atoms with Crippen LogP contribution in [0.4, 0.5) is 0 Å². The van der Waals surface area contributed by atoms with E-state index in [-0.39, 0.29) is 0 Å². The first-order valence-corrected chi connectivity index (χ1v) is 6.25. The standard InChI is InChI=1S/C10H15I/c11-10-5-6-4-9(10)8-3-1-2-7(6)8/h6-10H,1-5H2. The molecule has 0 spiro atoms. The second-order valence-corrected chi connectivity index (χ2v) is 6.27. The topological polar surface area (TPSA) is 0 Å². The number of hydrogen-bond acceptors (Lipinski definition) is 0. The molecule has 5 unspecified atom stereocenters. The first-order chi connectivity index (χ1) is 5.36. The highest BCUT2D eigenvalue weighted by atomic mass is 127. The van der Waals surface area contributed by atoms with Gasteiger partial charge in [0.15, 0.2) is 0 Å². The van der Waals surface area contributed by atoms with Crippen molar-refractivity contribution in [2.45, 2.75) is 36.0 Å². The predicted octanol–water partition coefficient (Wildman–Crippen LogP) is 3.25. The van der Waals surface area contributed by atoms with E-state index < -0.39 is 0 Å². The molecule has 0 radical (unpaired) electrons. The van der Waals surface area contributed by atoms with E-state index in [1.807, 2.05) is 0 Å². The molecule has 3 fully saturated rings. The second-order valence-electron chi connectivity index (χ2n) is 4.67. The van der Waals surface area contributed by atoms with Gasteiger partial charge >= 0.3 is 0 Å². The summed E-state index contributed by atoms with van der Waals surface area (Å²) in [5, 5.41) is 0. The molecule has 2 bridgehead atoms. The van der Waals surface area contributed by atoms with Gasteiger partial charge in [-0.25, -0.2) is 0 Å². The van der Waals surface area contributed by atoms with Crippen LogP contribution >= 0.6 is 22.6 Å². The zero-order valence-electron chi connectivity index (χ0n) is 6.80. The van der Waals surface area contributed by atoms with Gasteiger partial charge < -0.3 is 0 Å². The van der Waals surface area contributed by atoms with Gasteiger partial charge in [-0.3, -0.25) is 0 Å². The Bertz CT molecular complexity index is 178. The Kier molecular flexibility index (Phi) is 1.54. The fraction of sp³-hybridized carbons (Fsp3) is 1.00. The quantitative estimate of drug-likeness (QED) is 0.464. The summed E-state index contributed by atoms with van der Waals surface area (Å²) in [7, 11) is 0. The second kappa shape index (κ2) is 2.36. The first-order valence-electron chi connectivity index (χ1n) is 5.00. The fourth-order valence-electron chi connectivity index (χ4n) is 3.98. The van der Waals surface area contributed by atoms with Crippen molar-refractivity contribution in [3.05, 3.63) is 0 Å². The lowest BCUT2D eigenvalue weighted by atomic mass is 9.82.